The van der Waals surface area contributed by atoms with Crippen LogP contribution in [0.25, 0.3) is 10.9 Å². The highest BCUT2D eigenvalue weighted by Crippen LogP contribution is 2.28. The van der Waals surface area contributed by atoms with Gasteiger partial charge in [-0.1, -0.05) is 19.6 Å². The minimum Gasteiger partial charge on any atom is -0.370 e. The van der Waals surface area contributed by atoms with Crippen LogP contribution in [-0.4, -0.2) is 22.2 Å². The highest BCUT2D eigenvalue weighted by molar-refractivity contribution is 6.11. The third kappa shape index (κ3) is 2.40. The van der Waals surface area contributed by atoms with Crippen LogP contribution in [0.5, 0.6) is 0 Å². The maximum absolute atomic E-state index is 12.1. The molecule has 2 aromatic rings. The fourth-order valence-corrected chi connectivity index (χ4v) is 2.67. The van der Waals surface area contributed by atoms with Crippen LogP contribution >= 0.6 is 0 Å². The number of aliphatic imine (C=N–C) groups is 1. The molecular weight excluding hydrogens is 268 g/mol. The molecule has 1 aromatic heterocycles. The van der Waals surface area contributed by atoms with Crippen molar-refractivity contribution in [2.75, 3.05) is 0 Å². The number of nitrogens with zero attached hydrogens (tertiary/aromatic N) is 2. The number of rotatable bonds is 1. The van der Waals surface area contributed by atoms with Gasteiger partial charge in [0.25, 0.3) is 5.91 Å². The van der Waals surface area contributed by atoms with Crippen molar-refractivity contribution in [1.29, 1.82) is 0 Å². The first-order chi connectivity index (χ1) is 9.58. The van der Waals surface area contributed by atoms with E-state index in [1.165, 1.54) is 0 Å². The van der Waals surface area contributed by atoms with Crippen LogP contribution in [0.4, 0.5) is 0 Å². The number of benzene rings is 1. The van der Waals surface area contributed by atoms with Crippen LogP contribution in [0.15, 0.2) is 29.3 Å². The van der Waals surface area contributed by atoms with Crippen molar-refractivity contribution in [3.05, 3.63) is 35.5 Å². The quantitative estimate of drug-likeness (QED) is 0.614. The molecule has 6 nitrogen and oxygen atoms in total. The lowest BCUT2D eigenvalue weighted by atomic mass is 10.1. The van der Waals surface area contributed by atoms with E-state index in [0.717, 1.165) is 10.9 Å². The van der Waals surface area contributed by atoms with Crippen molar-refractivity contribution in [2.24, 2.45) is 16.5 Å². The largest absolute Gasteiger partial charge is 0.370 e. The van der Waals surface area contributed by atoms with E-state index in [2.05, 4.69) is 4.99 Å². The van der Waals surface area contributed by atoms with Crippen LogP contribution < -0.4 is 11.5 Å². The van der Waals surface area contributed by atoms with Gasteiger partial charge in [0.2, 0.25) is 0 Å². The molecule has 0 radical (unpaired) electrons. The van der Waals surface area contributed by atoms with Gasteiger partial charge in [0, 0.05) is 23.9 Å². The predicted octanol–water partition coefficient (Wildman–Crippen LogP) is 1.67. The molecule has 1 aromatic carbocycles. The summed E-state index contributed by atoms with van der Waals surface area (Å²) in [5.74, 6) is -0.646. The lowest BCUT2D eigenvalue weighted by Crippen LogP contribution is -2.24. The van der Waals surface area contributed by atoms with Gasteiger partial charge in [-0.05, 0) is 18.6 Å². The number of amides is 1. The summed E-state index contributed by atoms with van der Waals surface area (Å²) in [5.41, 5.74) is 12.4. The molecule has 1 aliphatic rings. The summed E-state index contributed by atoms with van der Waals surface area (Å²) >= 11 is 0. The zero-order valence-electron chi connectivity index (χ0n) is 10.8. The Labute approximate surface area is 122 Å². The normalized spacial score (nSPS) is 13.4. The van der Waals surface area contributed by atoms with Crippen LogP contribution in [-0.2, 0) is 6.54 Å². The highest BCUT2D eigenvalue weighted by Gasteiger charge is 2.22. The molecule has 0 aliphatic carbocycles. The van der Waals surface area contributed by atoms with Gasteiger partial charge in [0.05, 0.1) is 5.52 Å². The van der Waals surface area contributed by atoms with Crippen molar-refractivity contribution in [3.8, 4) is 0 Å². The first-order valence-corrected chi connectivity index (χ1v) is 6.37. The molecule has 1 aliphatic heterocycles. The summed E-state index contributed by atoms with van der Waals surface area (Å²) in [6.45, 7) is 0.604. The predicted molar refractivity (Wildman–Crippen MR) is 82.4 cm³/mol. The number of para-hydroxylation sites is 1. The van der Waals surface area contributed by atoms with Gasteiger partial charge in [-0.25, -0.2) is 0 Å². The molecule has 1 amide bonds. The van der Waals surface area contributed by atoms with Gasteiger partial charge in [-0.15, -0.1) is 0 Å². The monoisotopic (exact) mass is 286 g/mol. The maximum Gasteiger partial charge on any atom is 0.296 e. The molecule has 110 valence electrons. The zero-order valence-corrected chi connectivity index (χ0v) is 10.8. The van der Waals surface area contributed by atoms with E-state index in [0.29, 0.717) is 30.6 Å². The third-order valence-electron chi connectivity index (χ3n) is 3.46. The summed E-state index contributed by atoms with van der Waals surface area (Å²) in [6, 6.07) is 7.22. The van der Waals surface area contributed by atoms with Crippen LogP contribution in [0, 0.1) is 0 Å². The Morgan fingerprint density at radius 1 is 1.29 bits per heavy atom. The molecule has 0 saturated heterocycles. The molecule has 0 saturated carbocycles. The summed E-state index contributed by atoms with van der Waals surface area (Å²) in [6.07, 6.45) is 1.18. The molecule has 0 spiro atoms. The number of carbonyl (C=O) groups is 2. The Hall–Kier alpha value is -2.63. The maximum atomic E-state index is 12.1. The van der Waals surface area contributed by atoms with Crippen LogP contribution in [0.1, 0.15) is 41.1 Å². The number of hydrogen-bond acceptors (Lipinski definition) is 2. The third-order valence-corrected chi connectivity index (χ3v) is 3.46. The Balaban J connectivity index is 0.00000161. The molecule has 0 fully saturated rings. The highest BCUT2D eigenvalue weighted by atomic mass is 16.1. The number of hydrogen-bond donors (Lipinski definition) is 2. The lowest BCUT2D eigenvalue weighted by Gasteiger charge is -2.06. The molecule has 21 heavy (non-hydrogen) atoms. The minimum absolute atomic E-state index is 0. The van der Waals surface area contributed by atoms with Gasteiger partial charge in [0.1, 0.15) is 5.69 Å². The van der Waals surface area contributed by atoms with E-state index < -0.39 is 5.91 Å². The first-order valence-electron chi connectivity index (χ1n) is 6.37. The molecule has 3 rings (SSSR count). The van der Waals surface area contributed by atoms with Crippen molar-refractivity contribution < 1.29 is 9.59 Å². The Kier molecular flexibility index (Phi) is 3.80. The van der Waals surface area contributed by atoms with Crippen LogP contribution in [0.3, 0.4) is 0 Å². The SMILES string of the molecule is C.NC(N)=NC(=O)c1cc2cccc3c2n1CCCC3=O. The number of aromatic nitrogens is 1. The smallest absolute Gasteiger partial charge is 0.296 e. The Morgan fingerprint density at radius 3 is 2.76 bits per heavy atom. The van der Waals surface area contributed by atoms with E-state index in [4.69, 9.17) is 11.5 Å². The molecule has 0 unspecified atom stereocenters. The number of aryl methyl sites for hydroxylation is 1. The lowest BCUT2D eigenvalue weighted by molar-refractivity contribution is 0.0981. The summed E-state index contributed by atoms with van der Waals surface area (Å²) in [5, 5.41) is 0.854. The topological polar surface area (TPSA) is 103 Å². The van der Waals surface area contributed by atoms with E-state index in [-0.39, 0.29) is 19.2 Å². The first kappa shape index (κ1) is 14.8. The van der Waals surface area contributed by atoms with Crippen molar-refractivity contribution >= 4 is 28.6 Å². The Bertz CT molecular complexity index is 754. The van der Waals surface area contributed by atoms with Gasteiger partial charge >= 0.3 is 0 Å². The van der Waals surface area contributed by atoms with Crippen molar-refractivity contribution in [3.63, 3.8) is 0 Å². The summed E-state index contributed by atoms with van der Waals surface area (Å²) in [7, 11) is 0. The molecular formula is C15H18N4O2. The van der Waals surface area contributed by atoms with Gasteiger partial charge in [0.15, 0.2) is 11.7 Å². The molecule has 2 heterocycles. The second-order valence-corrected chi connectivity index (χ2v) is 4.79. The standard InChI is InChI=1S/C14H14N4O2.CH4/c15-14(16)17-13(20)10-7-8-3-1-4-9-11(19)5-2-6-18(10)12(8)9;/h1,3-4,7H,2,5-6H2,(H4,15,16,17,20);1H4. The fraction of sp³-hybridized carbons (Fsp3) is 0.267. The average Bonchev–Trinajstić information content (AvgIpc) is 2.67. The zero-order chi connectivity index (χ0) is 14.3. The van der Waals surface area contributed by atoms with E-state index in [1.807, 2.05) is 16.7 Å². The number of carbonyl (C=O) groups excluding carboxylic acids is 2. The molecule has 4 N–H and O–H groups in total. The number of Topliss-reactive ketones (excluding diaryl/α,β-unsaturated/α-hetero) is 1. The van der Waals surface area contributed by atoms with E-state index in [9.17, 15) is 9.59 Å². The van der Waals surface area contributed by atoms with Gasteiger partial charge in [-0.2, -0.15) is 4.99 Å². The number of nitrogens with two attached hydrogens (primary N) is 2. The second-order valence-electron chi connectivity index (χ2n) is 4.79. The second kappa shape index (κ2) is 5.40. The average molecular weight is 286 g/mol. The van der Waals surface area contributed by atoms with E-state index >= 15 is 0 Å². The molecule has 0 atom stereocenters. The summed E-state index contributed by atoms with van der Waals surface area (Å²) in [4.78, 5) is 27.7. The summed E-state index contributed by atoms with van der Waals surface area (Å²) < 4.78 is 1.84. The van der Waals surface area contributed by atoms with Gasteiger partial charge < -0.3 is 16.0 Å². The Morgan fingerprint density at radius 2 is 2.05 bits per heavy atom. The van der Waals surface area contributed by atoms with Gasteiger partial charge in [-0.3, -0.25) is 9.59 Å². The molecule has 6 heteroatoms. The number of ketones is 1. The van der Waals surface area contributed by atoms with E-state index in [1.54, 1.807) is 12.1 Å². The number of guanidine groups is 1. The fourth-order valence-electron chi connectivity index (χ4n) is 2.67. The van der Waals surface area contributed by atoms with Crippen molar-refractivity contribution in [2.45, 2.75) is 26.8 Å². The van der Waals surface area contributed by atoms with Crippen LogP contribution in [0.2, 0.25) is 0 Å². The van der Waals surface area contributed by atoms with Crippen molar-refractivity contribution in [1.82, 2.24) is 4.57 Å². The molecule has 0 bridgehead atoms. The minimum atomic E-state index is -0.485.